The summed E-state index contributed by atoms with van der Waals surface area (Å²) in [5.74, 6) is 0. The second-order valence-corrected chi connectivity index (χ2v) is 21.4. The maximum Gasteiger partial charge on any atom is 0.407 e. The highest BCUT2D eigenvalue weighted by Gasteiger charge is 2.36. The molecule has 0 saturated carbocycles. The highest BCUT2D eigenvalue weighted by Crippen LogP contribution is 2.37. The van der Waals surface area contributed by atoms with Gasteiger partial charge in [0.1, 0.15) is 6.10 Å². The maximum absolute atomic E-state index is 13.5. The zero-order valence-electron chi connectivity index (χ0n) is 41.7. The summed E-state index contributed by atoms with van der Waals surface area (Å²) in [7, 11) is 1.76. The van der Waals surface area contributed by atoms with E-state index in [1.807, 2.05) is 0 Å². The van der Waals surface area contributed by atoms with Crippen LogP contribution < -0.4 is 5.32 Å². The van der Waals surface area contributed by atoms with E-state index in [-0.39, 0.29) is 34.4 Å². The minimum atomic E-state index is -0.386. The molecule has 5 nitrogen and oxygen atoms in total. The number of ether oxygens (including phenoxy) is 3. The second-order valence-electron chi connectivity index (χ2n) is 21.4. The number of amides is 1. The van der Waals surface area contributed by atoms with E-state index < -0.39 is 0 Å². The molecule has 5 heteroatoms. The van der Waals surface area contributed by atoms with E-state index in [0.29, 0.717) is 6.61 Å². The quantitative estimate of drug-likeness (QED) is 0.0623. The molecule has 0 atom stereocenters. The molecule has 0 bridgehead atoms. The molecule has 0 aromatic rings. The number of carbonyl (C=O) groups excluding carboxylic acids is 1. The summed E-state index contributed by atoms with van der Waals surface area (Å²) in [5, 5.41) is 3.29. The van der Waals surface area contributed by atoms with Crippen molar-refractivity contribution in [1.29, 1.82) is 0 Å². The third kappa shape index (κ3) is 38.1. The van der Waals surface area contributed by atoms with Gasteiger partial charge in [-0.2, -0.15) is 0 Å². The Morgan fingerprint density at radius 1 is 0.466 bits per heavy atom. The molecule has 0 aliphatic heterocycles. The van der Waals surface area contributed by atoms with Crippen LogP contribution in [0.2, 0.25) is 0 Å². The molecule has 0 aromatic heterocycles. The number of rotatable bonds is 43. The van der Waals surface area contributed by atoms with Gasteiger partial charge in [-0.05, 0) is 91.9 Å². The number of hydrogen-bond donors (Lipinski definition) is 1. The summed E-state index contributed by atoms with van der Waals surface area (Å²) in [4.78, 5) is 13.5. The Balaban J connectivity index is 4.72. The first-order valence-electron chi connectivity index (χ1n) is 25.7. The van der Waals surface area contributed by atoms with Crippen LogP contribution in [0.3, 0.4) is 0 Å². The van der Waals surface area contributed by atoms with Crippen LogP contribution >= 0.6 is 0 Å². The summed E-state index contributed by atoms with van der Waals surface area (Å²) >= 11 is 0. The van der Waals surface area contributed by atoms with E-state index >= 15 is 0 Å². The van der Waals surface area contributed by atoms with Crippen LogP contribution in [-0.4, -0.2) is 42.7 Å². The van der Waals surface area contributed by atoms with Crippen LogP contribution in [0.15, 0.2) is 0 Å². The first-order valence-corrected chi connectivity index (χ1v) is 25.7. The molecule has 0 spiro atoms. The fraction of sp³-hybridized carbons (Fsp3) is 0.981. The smallest absolute Gasteiger partial charge is 0.407 e. The molecule has 348 valence electrons. The molecule has 0 heterocycles. The maximum atomic E-state index is 13.5. The summed E-state index contributed by atoms with van der Waals surface area (Å²) < 4.78 is 18.2. The number of nitrogens with one attached hydrogen (secondary N) is 1. The van der Waals surface area contributed by atoms with Gasteiger partial charge in [0.05, 0.1) is 17.8 Å². The monoisotopic (exact) mass is 822 g/mol. The molecule has 1 amide bonds. The first-order chi connectivity index (χ1) is 27.6. The van der Waals surface area contributed by atoms with Crippen molar-refractivity contribution in [3.63, 3.8) is 0 Å². The van der Waals surface area contributed by atoms with Crippen molar-refractivity contribution in [3.8, 4) is 0 Å². The van der Waals surface area contributed by atoms with Gasteiger partial charge < -0.3 is 19.5 Å². The Kier molecular flexibility index (Phi) is 35.3. The largest absolute Gasteiger partial charge is 0.446 e. The molecule has 0 unspecified atom stereocenters. The molecule has 0 saturated heterocycles. The molecule has 0 fully saturated rings. The molecule has 0 aliphatic carbocycles. The Labute approximate surface area is 365 Å². The summed E-state index contributed by atoms with van der Waals surface area (Å²) in [6.07, 6.45) is 45.5. The molecule has 0 aromatic carbocycles. The lowest BCUT2D eigenvalue weighted by molar-refractivity contribution is -0.0764. The normalized spacial score (nSPS) is 12.8. The van der Waals surface area contributed by atoms with Gasteiger partial charge in [-0.25, -0.2) is 4.79 Å². The van der Waals surface area contributed by atoms with Crippen molar-refractivity contribution in [1.82, 2.24) is 5.32 Å². The molecule has 0 radical (unpaired) electrons. The predicted octanol–water partition coefficient (Wildman–Crippen LogP) is 17.8. The Morgan fingerprint density at radius 2 is 0.793 bits per heavy atom. The highest BCUT2D eigenvalue weighted by atomic mass is 16.6. The number of carbonyl (C=O) groups is 1. The van der Waals surface area contributed by atoms with Crippen molar-refractivity contribution in [2.45, 2.75) is 317 Å². The average molecular weight is 822 g/mol. The van der Waals surface area contributed by atoms with Crippen LogP contribution in [0.1, 0.15) is 294 Å². The van der Waals surface area contributed by atoms with Gasteiger partial charge in [-0.3, -0.25) is 0 Å². The second kappa shape index (κ2) is 35.8. The van der Waals surface area contributed by atoms with Gasteiger partial charge in [0.15, 0.2) is 0 Å². The lowest BCUT2D eigenvalue weighted by atomic mass is 9.73. The number of hydrogen-bond acceptors (Lipinski definition) is 4. The molecule has 58 heavy (non-hydrogen) atoms. The lowest BCUT2D eigenvalue weighted by Gasteiger charge is -2.40. The van der Waals surface area contributed by atoms with Gasteiger partial charge in [0.25, 0.3) is 0 Å². The van der Waals surface area contributed by atoms with E-state index in [1.165, 1.54) is 180 Å². The van der Waals surface area contributed by atoms with E-state index in [2.05, 4.69) is 74.6 Å². The van der Waals surface area contributed by atoms with Crippen LogP contribution in [-0.2, 0) is 14.2 Å². The SMILES string of the molecule is CCCCCCCCCCCCCCCCCC(CCCCCCCCCCCCCCCCC)OC(=O)NC(C)(C)CC(C)(C)CC(C)(C)OCCC(C)(C)OC. The van der Waals surface area contributed by atoms with Crippen molar-refractivity contribution >= 4 is 6.09 Å². The molecule has 1 N–H and O–H groups in total. The van der Waals surface area contributed by atoms with Gasteiger partial charge in [-0.1, -0.05) is 207 Å². The van der Waals surface area contributed by atoms with Crippen molar-refractivity contribution in [2.75, 3.05) is 13.7 Å². The number of methoxy groups -OCH3 is 1. The van der Waals surface area contributed by atoms with E-state index in [4.69, 9.17) is 14.2 Å². The molecular formula is C53H107NO4. The minimum Gasteiger partial charge on any atom is -0.446 e. The first kappa shape index (κ1) is 57.2. The highest BCUT2D eigenvalue weighted by molar-refractivity contribution is 5.68. The molecule has 0 rings (SSSR count). The van der Waals surface area contributed by atoms with E-state index in [9.17, 15) is 4.79 Å². The summed E-state index contributed by atoms with van der Waals surface area (Å²) in [6.45, 7) is 22.7. The average Bonchev–Trinajstić information content (AvgIpc) is 3.13. The Morgan fingerprint density at radius 3 is 1.12 bits per heavy atom. The van der Waals surface area contributed by atoms with Gasteiger partial charge in [-0.15, -0.1) is 0 Å². The third-order valence-corrected chi connectivity index (χ3v) is 12.5. The van der Waals surface area contributed by atoms with Crippen molar-refractivity contribution < 1.29 is 19.0 Å². The fourth-order valence-corrected chi connectivity index (χ4v) is 9.39. The van der Waals surface area contributed by atoms with E-state index in [1.54, 1.807) is 7.11 Å². The number of unbranched alkanes of at least 4 members (excludes halogenated alkanes) is 28. The van der Waals surface area contributed by atoms with Crippen LogP contribution in [0.25, 0.3) is 0 Å². The fourth-order valence-electron chi connectivity index (χ4n) is 9.39. The minimum absolute atomic E-state index is 0.0106. The zero-order chi connectivity index (χ0) is 43.4. The topological polar surface area (TPSA) is 56.8 Å². The summed E-state index contributed by atoms with van der Waals surface area (Å²) in [6, 6.07) is 0. The molecule has 0 aliphatic rings. The van der Waals surface area contributed by atoms with E-state index in [0.717, 1.165) is 44.9 Å². The molecular weight excluding hydrogens is 715 g/mol. The van der Waals surface area contributed by atoms with Crippen molar-refractivity contribution in [3.05, 3.63) is 0 Å². The van der Waals surface area contributed by atoms with Crippen LogP contribution in [0.4, 0.5) is 4.79 Å². The van der Waals surface area contributed by atoms with Crippen LogP contribution in [0.5, 0.6) is 0 Å². The van der Waals surface area contributed by atoms with Crippen molar-refractivity contribution in [2.24, 2.45) is 5.41 Å². The van der Waals surface area contributed by atoms with Gasteiger partial charge in [0.2, 0.25) is 0 Å². The third-order valence-electron chi connectivity index (χ3n) is 12.5. The van der Waals surface area contributed by atoms with Gasteiger partial charge in [0, 0.05) is 12.6 Å². The van der Waals surface area contributed by atoms with Crippen LogP contribution in [0, 0.1) is 5.41 Å². The predicted molar refractivity (Wildman–Crippen MR) is 255 cm³/mol. The summed E-state index contributed by atoms with van der Waals surface area (Å²) in [5.41, 5.74) is -0.871. The lowest BCUT2D eigenvalue weighted by Crippen LogP contribution is -2.48. The standard InChI is InChI=1S/C53H107NO4/c1-12-14-16-18-20-22-24-26-28-30-32-34-36-38-40-42-48(43-41-39-37-35-33-31-29-27-25-23-21-19-17-15-13-2)58-49(55)54-51(5,6)46-50(3,4)47-53(9,10)57-45-44-52(7,8)56-11/h48H,12-47H2,1-11H3,(H,54,55). The Hall–Kier alpha value is -0.810. The zero-order valence-corrected chi connectivity index (χ0v) is 41.7. The number of alkyl carbamates (subject to hydrolysis) is 1. The van der Waals surface area contributed by atoms with Gasteiger partial charge >= 0.3 is 6.09 Å². The Bertz CT molecular complexity index is 878.